The predicted molar refractivity (Wildman–Crippen MR) is 102 cm³/mol. The minimum Gasteiger partial charge on any atom is -0.341 e. The first-order valence-corrected chi connectivity index (χ1v) is 8.94. The fraction of sp³-hybridized carbons (Fsp3) is 0.368. The second kappa shape index (κ2) is 8.03. The molecule has 0 aliphatic carbocycles. The summed E-state index contributed by atoms with van der Waals surface area (Å²) >= 11 is 0. The number of aryl methyl sites for hydroxylation is 1. The average molecular weight is 369 g/mol. The molecule has 3 rings (SSSR count). The fourth-order valence-electron chi connectivity index (χ4n) is 3.12. The lowest BCUT2D eigenvalue weighted by molar-refractivity contribution is -0.127. The Morgan fingerprint density at radius 1 is 1.30 bits per heavy atom. The Hall–Kier alpha value is -3.16. The first kappa shape index (κ1) is 18.6. The van der Waals surface area contributed by atoms with E-state index in [1.54, 1.807) is 36.1 Å². The van der Waals surface area contributed by atoms with Gasteiger partial charge in [0.15, 0.2) is 0 Å². The molecule has 0 spiro atoms. The van der Waals surface area contributed by atoms with Gasteiger partial charge < -0.3 is 20.5 Å². The van der Waals surface area contributed by atoms with Crippen LogP contribution >= 0.6 is 0 Å². The number of carbonyl (C=O) groups is 2. The van der Waals surface area contributed by atoms with E-state index in [-0.39, 0.29) is 23.5 Å². The number of aromatic nitrogens is 2. The molecule has 3 amide bonds. The summed E-state index contributed by atoms with van der Waals surface area (Å²) < 4.78 is 0. The SMILES string of the molecule is Cc1nc(-c2ccc(NC(=O)N[C@@H](C)CN3CCCC3=O)cc2)cc(=O)[nH]1. The molecule has 3 N–H and O–H groups in total. The number of amides is 3. The van der Waals surface area contributed by atoms with Gasteiger partial charge in [-0.3, -0.25) is 9.59 Å². The van der Waals surface area contributed by atoms with Gasteiger partial charge in [-0.05, 0) is 32.4 Å². The lowest BCUT2D eigenvalue weighted by Crippen LogP contribution is -2.44. The largest absolute Gasteiger partial charge is 0.341 e. The summed E-state index contributed by atoms with van der Waals surface area (Å²) in [7, 11) is 0. The number of rotatable bonds is 5. The van der Waals surface area contributed by atoms with E-state index >= 15 is 0 Å². The van der Waals surface area contributed by atoms with Gasteiger partial charge in [-0.2, -0.15) is 0 Å². The number of benzene rings is 1. The monoisotopic (exact) mass is 369 g/mol. The molecule has 0 bridgehead atoms. The minimum absolute atomic E-state index is 0.142. The number of H-pyrrole nitrogens is 1. The normalized spacial score (nSPS) is 14.9. The third-order valence-corrected chi connectivity index (χ3v) is 4.34. The smallest absolute Gasteiger partial charge is 0.319 e. The van der Waals surface area contributed by atoms with Gasteiger partial charge in [-0.15, -0.1) is 0 Å². The van der Waals surface area contributed by atoms with Gasteiger partial charge in [-0.25, -0.2) is 9.78 Å². The predicted octanol–water partition coefficient (Wildman–Crippen LogP) is 1.88. The van der Waals surface area contributed by atoms with Gasteiger partial charge in [0.25, 0.3) is 5.56 Å². The van der Waals surface area contributed by atoms with Crippen molar-refractivity contribution in [2.24, 2.45) is 0 Å². The van der Waals surface area contributed by atoms with Crippen molar-refractivity contribution in [2.45, 2.75) is 32.7 Å². The highest BCUT2D eigenvalue weighted by molar-refractivity contribution is 5.89. The highest BCUT2D eigenvalue weighted by Crippen LogP contribution is 2.18. The molecule has 1 aromatic heterocycles. The number of nitrogens with zero attached hydrogens (tertiary/aromatic N) is 2. The van der Waals surface area contributed by atoms with E-state index in [0.29, 0.717) is 30.2 Å². The number of aromatic amines is 1. The van der Waals surface area contributed by atoms with Crippen molar-refractivity contribution in [3.63, 3.8) is 0 Å². The van der Waals surface area contributed by atoms with E-state index in [4.69, 9.17) is 0 Å². The van der Waals surface area contributed by atoms with E-state index in [2.05, 4.69) is 20.6 Å². The van der Waals surface area contributed by atoms with Crippen LogP contribution in [0.15, 0.2) is 35.1 Å². The van der Waals surface area contributed by atoms with E-state index in [0.717, 1.165) is 18.5 Å². The molecule has 0 saturated carbocycles. The highest BCUT2D eigenvalue weighted by Gasteiger charge is 2.22. The molecular weight excluding hydrogens is 346 g/mol. The molecule has 2 heterocycles. The molecule has 1 aliphatic heterocycles. The molecule has 8 nitrogen and oxygen atoms in total. The minimum atomic E-state index is -0.327. The summed E-state index contributed by atoms with van der Waals surface area (Å²) in [6, 6.07) is 8.06. The van der Waals surface area contributed by atoms with Crippen molar-refractivity contribution in [2.75, 3.05) is 18.4 Å². The maximum Gasteiger partial charge on any atom is 0.319 e. The number of hydrogen-bond donors (Lipinski definition) is 3. The number of carbonyl (C=O) groups excluding carboxylic acids is 2. The third-order valence-electron chi connectivity index (χ3n) is 4.34. The van der Waals surface area contributed by atoms with Gasteiger partial charge in [0.2, 0.25) is 5.91 Å². The molecule has 1 aliphatic rings. The topological polar surface area (TPSA) is 107 Å². The van der Waals surface area contributed by atoms with E-state index in [9.17, 15) is 14.4 Å². The van der Waals surface area contributed by atoms with Crippen molar-refractivity contribution in [3.05, 3.63) is 46.5 Å². The maximum absolute atomic E-state index is 12.1. The Bertz CT molecular complexity index is 891. The van der Waals surface area contributed by atoms with Crippen molar-refractivity contribution in [1.29, 1.82) is 0 Å². The standard InChI is InChI=1S/C19H23N5O3/c1-12(11-24-9-3-4-18(24)26)20-19(27)23-15-7-5-14(6-8-15)16-10-17(25)22-13(2)21-16/h5-8,10,12H,3-4,9,11H2,1-2H3,(H2,20,23,27)(H,21,22,25)/t12-/m0/s1. The summed E-state index contributed by atoms with van der Waals surface area (Å²) in [5.41, 5.74) is 1.79. The molecule has 1 aromatic carbocycles. The zero-order valence-corrected chi connectivity index (χ0v) is 15.4. The molecular formula is C19H23N5O3. The lowest BCUT2D eigenvalue weighted by atomic mass is 10.1. The lowest BCUT2D eigenvalue weighted by Gasteiger charge is -2.21. The van der Waals surface area contributed by atoms with Crippen LogP contribution in [0.1, 0.15) is 25.6 Å². The number of anilines is 1. The second-order valence-electron chi connectivity index (χ2n) is 6.74. The molecule has 142 valence electrons. The van der Waals surface area contributed by atoms with E-state index < -0.39 is 0 Å². The molecule has 1 fully saturated rings. The summed E-state index contributed by atoms with van der Waals surface area (Å²) in [4.78, 5) is 44.0. The van der Waals surface area contributed by atoms with Gasteiger partial charge in [0.1, 0.15) is 5.82 Å². The fourth-order valence-corrected chi connectivity index (χ4v) is 3.12. The molecule has 27 heavy (non-hydrogen) atoms. The van der Waals surface area contributed by atoms with Crippen LogP contribution in [0.2, 0.25) is 0 Å². The number of nitrogens with one attached hydrogen (secondary N) is 3. The van der Waals surface area contributed by atoms with Crippen LogP contribution in [0.25, 0.3) is 11.3 Å². The van der Waals surface area contributed by atoms with Crippen LogP contribution < -0.4 is 16.2 Å². The summed E-state index contributed by atoms with van der Waals surface area (Å²) in [5, 5.41) is 5.60. The first-order valence-electron chi connectivity index (χ1n) is 8.94. The van der Waals surface area contributed by atoms with Gasteiger partial charge in [0, 0.05) is 42.9 Å². The van der Waals surface area contributed by atoms with Gasteiger partial charge in [-0.1, -0.05) is 12.1 Å². The van der Waals surface area contributed by atoms with Crippen LogP contribution in [0.3, 0.4) is 0 Å². The quantitative estimate of drug-likeness (QED) is 0.748. The first-order chi connectivity index (χ1) is 12.9. The second-order valence-corrected chi connectivity index (χ2v) is 6.74. The Morgan fingerprint density at radius 2 is 2.04 bits per heavy atom. The summed E-state index contributed by atoms with van der Waals surface area (Å²) in [6.45, 7) is 4.86. The van der Waals surface area contributed by atoms with E-state index in [1.807, 2.05) is 6.92 Å². The van der Waals surface area contributed by atoms with Crippen LogP contribution in [-0.4, -0.2) is 45.9 Å². The zero-order valence-electron chi connectivity index (χ0n) is 15.4. The van der Waals surface area contributed by atoms with Crippen molar-refractivity contribution < 1.29 is 9.59 Å². The molecule has 8 heteroatoms. The van der Waals surface area contributed by atoms with Crippen molar-refractivity contribution >= 4 is 17.6 Å². The van der Waals surface area contributed by atoms with Gasteiger partial charge >= 0.3 is 6.03 Å². The number of likely N-dealkylation sites (tertiary alicyclic amines) is 1. The molecule has 0 unspecified atom stereocenters. The number of urea groups is 1. The highest BCUT2D eigenvalue weighted by atomic mass is 16.2. The Kier molecular flexibility index (Phi) is 5.54. The maximum atomic E-state index is 12.1. The Balaban J connectivity index is 1.56. The number of hydrogen-bond acceptors (Lipinski definition) is 4. The summed E-state index contributed by atoms with van der Waals surface area (Å²) in [6.07, 6.45) is 1.47. The molecule has 2 aromatic rings. The third kappa shape index (κ3) is 4.93. The zero-order chi connectivity index (χ0) is 19.4. The molecule has 0 radical (unpaired) electrons. The summed E-state index contributed by atoms with van der Waals surface area (Å²) in [5.74, 6) is 0.688. The molecule has 1 saturated heterocycles. The average Bonchev–Trinajstić information content (AvgIpc) is 2.99. The van der Waals surface area contributed by atoms with Crippen molar-refractivity contribution in [1.82, 2.24) is 20.2 Å². The van der Waals surface area contributed by atoms with Crippen LogP contribution in [0, 0.1) is 6.92 Å². The Labute approximate surface area is 157 Å². The van der Waals surface area contributed by atoms with Gasteiger partial charge in [0.05, 0.1) is 5.69 Å². The Morgan fingerprint density at radius 3 is 2.67 bits per heavy atom. The van der Waals surface area contributed by atoms with Crippen LogP contribution in [-0.2, 0) is 4.79 Å². The van der Waals surface area contributed by atoms with Crippen molar-refractivity contribution in [3.8, 4) is 11.3 Å². The van der Waals surface area contributed by atoms with Crippen LogP contribution in [0.4, 0.5) is 10.5 Å². The molecule has 1 atom stereocenters. The van der Waals surface area contributed by atoms with E-state index in [1.165, 1.54) is 6.07 Å². The van der Waals surface area contributed by atoms with Crippen LogP contribution in [0.5, 0.6) is 0 Å².